The van der Waals surface area contributed by atoms with Crippen molar-refractivity contribution < 1.29 is 4.74 Å². The minimum absolute atomic E-state index is 0.695. The molecule has 1 saturated heterocycles. The Bertz CT molecular complexity index is 782. The van der Waals surface area contributed by atoms with E-state index in [1.165, 1.54) is 24.0 Å². The fraction of sp³-hybridized carbons (Fsp3) is 0.455. The Hall–Kier alpha value is -2.76. The lowest BCUT2D eigenvalue weighted by Gasteiger charge is -2.17. The molecule has 2 heterocycles. The number of rotatable bonds is 7. The molecule has 0 radical (unpaired) electrons. The van der Waals surface area contributed by atoms with E-state index < -0.39 is 0 Å². The highest BCUT2D eigenvalue weighted by molar-refractivity contribution is 5.79. The Balaban J connectivity index is 1.46. The zero-order valence-corrected chi connectivity index (χ0v) is 17.2. The monoisotopic (exact) mass is 381 g/mol. The number of hydrogen-bond acceptors (Lipinski definition) is 4. The minimum Gasteiger partial charge on any atom is -0.496 e. The molecule has 0 spiro atoms. The molecule has 150 valence electrons. The molecule has 3 rings (SSSR count). The van der Waals surface area contributed by atoms with Crippen LogP contribution in [-0.4, -0.2) is 44.7 Å². The van der Waals surface area contributed by atoms with Gasteiger partial charge in [0.25, 0.3) is 0 Å². The molecule has 1 aromatic heterocycles. The second-order valence-corrected chi connectivity index (χ2v) is 7.14. The van der Waals surface area contributed by atoms with Crippen LogP contribution in [0, 0.1) is 6.92 Å². The second kappa shape index (κ2) is 9.97. The number of guanidine groups is 1. The van der Waals surface area contributed by atoms with E-state index in [1.807, 2.05) is 12.3 Å². The van der Waals surface area contributed by atoms with E-state index >= 15 is 0 Å². The molecule has 1 fully saturated rings. The Morgan fingerprint density at radius 3 is 2.68 bits per heavy atom. The summed E-state index contributed by atoms with van der Waals surface area (Å²) in [6.45, 7) is 5.81. The van der Waals surface area contributed by atoms with E-state index in [1.54, 1.807) is 14.2 Å². The zero-order valence-electron chi connectivity index (χ0n) is 17.2. The normalized spacial score (nSPS) is 14.2. The van der Waals surface area contributed by atoms with Crippen LogP contribution in [0.25, 0.3) is 0 Å². The summed E-state index contributed by atoms with van der Waals surface area (Å²) >= 11 is 0. The molecule has 0 atom stereocenters. The molecular formula is C22H31N5O. The summed E-state index contributed by atoms with van der Waals surface area (Å²) in [6.07, 6.45) is 5.35. The van der Waals surface area contributed by atoms with Gasteiger partial charge in [-0.05, 0) is 49.4 Å². The average molecular weight is 382 g/mol. The highest BCUT2D eigenvalue weighted by Crippen LogP contribution is 2.20. The van der Waals surface area contributed by atoms with Gasteiger partial charge in [-0.25, -0.2) is 4.98 Å². The fourth-order valence-electron chi connectivity index (χ4n) is 3.48. The van der Waals surface area contributed by atoms with Crippen LogP contribution in [-0.2, 0) is 13.0 Å². The number of benzene rings is 1. The summed E-state index contributed by atoms with van der Waals surface area (Å²) < 4.78 is 5.45. The second-order valence-electron chi connectivity index (χ2n) is 7.14. The quantitative estimate of drug-likeness (QED) is 0.570. The van der Waals surface area contributed by atoms with Gasteiger partial charge in [0, 0.05) is 39.4 Å². The molecule has 6 heteroatoms. The van der Waals surface area contributed by atoms with E-state index in [0.717, 1.165) is 49.1 Å². The number of nitrogens with zero attached hydrogens (tertiary/aromatic N) is 3. The molecule has 2 aromatic rings. The van der Waals surface area contributed by atoms with Gasteiger partial charge in [0.15, 0.2) is 5.96 Å². The number of aliphatic imine (C=N–C) groups is 1. The van der Waals surface area contributed by atoms with Crippen LogP contribution in [0.15, 0.2) is 41.5 Å². The Morgan fingerprint density at radius 1 is 1.18 bits per heavy atom. The third-order valence-corrected chi connectivity index (χ3v) is 5.05. The summed E-state index contributed by atoms with van der Waals surface area (Å²) in [6, 6.07) is 10.5. The number of anilines is 1. The third-order valence-electron chi connectivity index (χ3n) is 5.05. The Morgan fingerprint density at radius 2 is 2.00 bits per heavy atom. The number of ether oxygens (including phenoxy) is 1. The van der Waals surface area contributed by atoms with Gasteiger partial charge in [-0.15, -0.1) is 0 Å². The fourth-order valence-corrected chi connectivity index (χ4v) is 3.48. The number of methoxy groups -OCH3 is 1. The van der Waals surface area contributed by atoms with Crippen LogP contribution in [0.1, 0.15) is 29.5 Å². The van der Waals surface area contributed by atoms with Gasteiger partial charge in [-0.1, -0.05) is 23.8 Å². The summed E-state index contributed by atoms with van der Waals surface area (Å²) in [5, 5.41) is 6.72. The first-order valence-corrected chi connectivity index (χ1v) is 9.97. The van der Waals surface area contributed by atoms with Crippen molar-refractivity contribution in [2.75, 3.05) is 38.7 Å². The van der Waals surface area contributed by atoms with Crippen molar-refractivity contribution in [2.45, 2.75) is 32.7 Å². The SMILES string of the molecule is CN=C(NCCc1cc(C)ccc1OC)NCc1ccc(N2CCCC2)nc1. The summed E-state index contributed by atoms with van der Waals surface area (Å²) in [5.41, 5.74) is 3.58. The average Bonchev–Trinajstić information content (AvgIpc) is 3.26. The lowest BCUT2D eigenvalue weighted by atomic mass is 10.1. The maximum absolute atomic E-state index is 5.45. The van der Waals surface area contributed by atoms with Crippen molar-refractivity contribution >= 4 is 11.8 Å². The molecule has 2 N–H and O–H groups in total. The lowest BCUT2D eigenvalue weighted by molar-refractivity contribution is 0.409. The van der Waals surface area contributed by atoms with Crippen LogP contribution in [0.4, 0.5) is 5.82 Å². The summed E-state index contributed by atoms with van der Waals surface area (Å²) in [4.78, 5) is 11.3. The predicted octanol–water partition coefficient (Wildman–Crippen LogP) is 2.91. The molecule has 0 aliphatic carbocycles. The van der Waals surface area contributed by atoms with Crippen molar-refractivity contribution in [1.29, 1.82) is 0 Å². The molecule has 1 aromatic carbocycles. The van der Waals surface area contributed by atoms with Crippen molar-refractivity contribution in [2.24, 2.45) is 4.99 Å². The maximum atomic E-state index is 5.45. The molecule has 1 aliphatic heterocycles. The molecule has 0 saturated carbocycles. The van der Waals surface area contributed by atoms with Gasteiger partial charge < -0.3 is 20.3 Å². The molecular weight excluding hydrogens is 350 g/mol. The summed E-state index contributed by atoms with van der Waals surface area (Å²) in [5.74, 6) is 2.80. The van der Waals surface area contributed by atoms with Crippen molar-refractivity contribution in [3.63, 3.8) is 0 Å². The number of pyridine rings is 1. The maximum Gasteiger partial charge on any atom is 0.191 e. The largest absolute Gasteiger partial charge is 0.496 e. The number of aryl methyl sites for hydroxylation is 1. The van der Waals surface area contributed by atoms with Crippen LogP contribution in [0.2, 0.25) is 0 Å². The van der Waals surface area contributed by atoms with E-state index in [2.05, 4.69) is 56.7 Å². The molecule has 0 amide bonds. The Kier molecular flexibility index (Phi) is 7.12. The van der Waals surface area contributed by atoms with Crippen molar-refractivity contribution in [3.05, 3.63) is 53.2 Å². The number of hydrogen-bond donors (Lipinski definition) is 2. The van der Waals surface area contributed by atoms with Gasteiger partial charge in [-0.2, -0.15) is 0 Å². The standard InChI is InChI=1S/C22H31N5O/c1-17-6-8-20(28-3)19(14-17)10-11-24-22(23-2)26-16-18-7-9-21(25-15-18)27-12-4-5-13-27/h6-9,14-15H,4-5,10-13,16H2,1-3H3,(H2,23,24,26). The smallest absolute Gasteiger partial charge is 0.191 e. The first kappa shape index (κ1) is 20.0. The van der Waals surface area contributed by atoms with E-state index in [0.29, 0.717) is 6.54 Å². The Labute approximate surface area is 168 Å². The van der Waals surface area contributed by atoms with Gasteiger partial charge >= 0.3 is 0 Å². The van der Waals surface area contributed by atoms with Crippen molar-refractivity contribution in [1.82, 2.24) is 15.6 Å². The first-order chi connectivity index (χ1) is 13.7. The highest BCUT2D eigenvalue weighted by Gasteiger charge is 2.13. The number of aromatic nitrogens is 1. The van der Waals surface area contributed by atoms with Crippen LogP contribution in [0.5, 0.6) is 5.75 Å². The minimum atomic E-state index is 0.695. The van der Waals surface area contributed by atoms with Gasteiger partial charge in [0.05, 0.1) is 7.11 Å². The molecule has 0 bridgehead atoms. The summed E-state index contributed by atoms with van der Waals surface area (Å²) in [7, 11) is 3.50. The molecule has 0 unspecified atom stereocenters. The van der Waals surface area contributed by atoms with Gasteiger partial charge in [0.2, 0.25) is 0 Å². The van der Waals surface area contributed by atoms with E-state index in [-0.39, 0.29) is 0 Å². The van der Waals surface area contributed by atoms with E-state index in [9.17, 15) is 0 Å². The third kappa shape index (κ3) is 5.38. The van der Waals surface area contributed by atoms with Crippen molar-refractivity contribution in [3.8, 4) is 5.75 Å². The lowest BCUT2D eigenvalue weighted by Crippen LogP contribution is -2.37. The highest BCUT2D eigenvalue weighted by atomic mass is 16.5. The first-order valence-electron chi connectivity index (χ1n) is 9.97. The van der Waals surface area contributed by atoms with E-state index in [4.69, 9.17) is 4.74 Å². The molecule has 1 aliphatic rings. The zero-order chi connectivity index (χ0) is 19.8. The topological polar surface area (TPSA) is 61.8 Å². The molecule has 6 nitrogen and oxygen atoms in total. The van der Waals surface area contributed by atoms with Crippen LogP contribution < -0.4 is 20.3 Å². The molecule has 28 heavy (non-hydrogen) atoms. The predicted molar refractivity (Wildman–Crippen MR) is 115 cm³/mol. The van der Waals surface area contributed by atoms with Crippen LogP contribution >= 0.6 is 0 Å². The van der Waals surface area contributed by atoms with Gasteiger partial charge in [0.1, 0.15) is 11.6 Å². The van der Waals surface area contributed by atoms with Gasteiger partial charge in [-0.3, -0.25) is 4.99 Å². The number of nitrogens with one attached hydrogen (secondary N) is 2. The van der Waals surface area contributed by atoms with Crippen LogP contribution in [0.3, 0.4) is 0 Å².